The van der Waals surface area contributed by atoms with Crippen LogP contribution in [0.25, 0.3) is 0 Å². The predicted molar refractivity (Wildman–Crippen MR) is 80.2 cm³/mol. The lowest BCUT2D eigenvalue weighted by molar-refractivity contribution is 0.302. The monoisotopic (exact) mass is 330 g/mol. The second kappa shape index (κ2) is 6.48. The van der Waals surface area contributed by atoms with Crippen molar-refractivity contribution in [1.29, 1.82) is 0 Å². The number of hydrogen-bond acceptors (Lipinski definition) is 3. The van der Waals surface area contributed by atoms with Gasteiger partial charge in [-0.3, -0.25) is 0 Å². The molecule has 0 heterocycles. The Balaban J connectivity index is 2.04. The van der Waals surface area contributed by atoms with E-state index in [1.54, 1.807) is 42.5 Å². The zero-order valence-electron chi connectivity index (χ0n) is 10.4. The highest BCUT2D eigenvalue weighted by Gasteiger charge is 2.20. The Labute approximate surface area is 128 Å². The lowest BCUT2D eigenvalue weighted by Crippen LogP contribution is -2.21. The van der Waals surface area contributed by atoms with Crippen molar-refractivity contribution in [3.8, 4) is 5.75 Å². The molecule has 2 aromatic rings. The number of halogens is 2. The summed E-state index contributed by atoms with van der Waals surface area (Å²) in [5.41, 5.74) is -0.971. The Morgan fingerprint density at radius 1 is 1.00 bits per heavy atom. The Hall–Kier alpha value is -1.23. The third-order valence-corrected chi connectivity index (χ3v) is 4.94. The van der Waals surface area contributed by atoms with Crippen LogP contribution < -0.4 is 4.74 Å². The van der Waals surface area contributed by atoms with Crippen LogP contribution >= 0.6 is 23.2 Å². The number of sulfone groups is 1. The molecule has 0 spiro atoms. The van der Waals surface area contributed by atoms with Gasteiger partial charge in [0.1, 0.15) is 11.5 Å². The van der Waals surface area contributed by atoms with Gasteiger partial charge in [0, 0.05) is 5.02 Å². The maximum atomic E-state index is 12.1. The topological polar surface area (TPSA) is 43.4 Å². The summed E-state index contributed by atoms with van der Waals surface area (Å²) in [4.78, 5) is 0.227. The second-order valence-electron chi connectivity index (χ2n) is 4.08. The number of hydrogen-bond donors (Lipinski definition) is 0. The number of benzene rings is 2. The smallest absolute Gasteiger partial charge is 0.186 e. The third kappa shape index (κ3) is 4.13. The van der Waals surface area contributed by atoms with Gasteiger partial charge in [-0.2, -0.15) is 0 Å². The minimum atomic E-state index is -3.47. The lowest BCUT2D eigenvalue weighted by atomic mass is 10.3. The molecule has 0 aliphatic heterocycles. The van der Waals surface area contributed by atoms with Crippen LogP contribution in [0, 0.1) is 0 Å². The molecule has 2 rings (SSSR count). The molecule has 0 aliphatic carbocycles. The van der Waals surface area contributed by atoms with Crippen molar-refractivity contribution in [3.05, 3.63) is 59.6 Å². The predicted octanol–water partition coefficient (Wildman–Crippen LogP) is 3.76. The van der Waals surface area contributed by atoms with Crippen molar-refractivity contribution in [2.24, 2.45) is 0 Å². The second-order valence-corrected chi connectivity index (χ2v) is 7.03. The molecule has 0 amide bonds. The zero-order valence-corrected chi connectivity index (χ0v) is 12.7. The Morgan fingerprint density at radius 3 is 2.20 bits per heavy atom. The molecule has 0 radical (unpaired) electrons. The molecule has 1 unspecified atom stereocenters. The van der Waals surface area contributed by atoms with Gasteiger partial charge in [-0.1, -0.05) is 41.4 Å². The van der Waals surface area contributed by atoms with E-state index in [1.165, 1.54) is 12.1 Å². The molecule has 0 saturated heterocycles. The van der Waals surface area contributed by atoms with E-state index in [0.717, 1.165) is 0 Å². The van der Waals surface area contributed by atoms with Crippen molar-refractivity contribution >= 4 is 33.0 Å². The average Bonchev–Trinajstić information content (AvgIpc) is 2.42. The maximum absolute atomic E-state index is 12.1. The standard InChI is InChI=1S/C14H12Cl2O3S/c15-11-6-8-12(9-7-11)19-14(16)10-20(17,18)13-4-2-1-3-5-13/h1-9,14H,10H2. The molecule has 0 N–H and O–H groups in total. The maximum Gasteiger partial charge on any atom is 0.186 e. The largest absolute Gasteiger partial charge is 0.474 e. The van der Waals surface area contributed by atoms with Crippen LogP contribution in [-0.4, -0.2) is 19.7 Å². The van der Waals surface area contributed by atoms with Crippen LogP contribution in [0.5, 0.6) is 5.75 Å². The number of rotatable bonds is 5. The van der Waals surface area contributed by atoms with Gasteiger partial charge in [0.15, 0.2) is 15.4 Å². The molecule has 0 fully saturated rings. The molecule has 6 heteroatoms. The molecule has 0 saturated carbocycles. The molecule has 106 valence electrons. The molecular formula is C14H12Cl2O3S. The number of alkyl halides is 1. The zero-order chi connectivity index (χ0) is 14.6. The fourth-order valence-electron chi connectivity index (χ4n) is 1.59. The van der Waals surface area contributed by atoms with Gasteiger partial charge in [-0.05, 0) is 36.4 Å². The van der Waals surface area contributed by atoms with Crippen LogP contribution in [0.2, 0.25) is 5.02 Å². The van der Waals surface area contributed by atoms with Gasteiger partial charge >= 0.3 is 0 Å². The molecule has 2 aromatic carbocycles. The van der Waals surface area contributed by atoms with Gasteiger partial charge < -0.3 is 4.74 Å². The molecule has 0 aromatic heterocycles. The summed E-state index contributed by atoms with van der Waals surface area (Å²) in [6, 6.07) is 14.7. The Bertz CT molecular complexity index is 655. The van der Waals surface area contributed by atoms with Gasteiger partial charge in [-0.25, -0.2) is 8.42 Å². The summed E-state index contributed by atoms with van der Waals surface area (Å²) in [7, 11) is -3.47. The van der Waals surface area contributed by atoms with Gasteiger partial charge in [0.2, 0.25) is 0 Å². The van der Waals surface area contributed by atoms with Crippen LogP contribution in [-0.2, 0) is 9.84 Å². The van der Waals surface area contributed by atoms with Crippen molar-refractivity contribution in [3.63, 3.8) is 0 Å². The average molecular weight is 331 g/mol. The van der Waals surface area contributed by atoms with E-state index in [9.17, 15) is 8.42 Å². The van der Waals surface area contributed by atoms with Gasteiger partial charge in [-0.15, -0.1) is 0 Å². The quantitative estimate of drug-likeness (QED) is 0.784. The first-order valence-electron chi connectivity index (χ1n) is 5.81. The first-order chi connectivity index (χ1) is 9.47. The molecule has 20 heavy (non-hydrogen) atoms. The highest BCUT2D eigenvalue weighted by molar-refractivity contribution is 7.91. The summed E-state index contributed by atoms with van der Waals surface area (Å²) in [5, 5.41) is 0.570. The summed E-state index contributed by atoms with van der Waals surface area (Å²) in [6.45, 7) is 0. The van der Waals surface area contributed by atoms with Crippen molar-refractivity contribution in [2.45, 2.75) is 10.5 Å². The highest BCUT2D eigenvalue weighted by atomic mass is 35.5. The van der Waals surface area contributed by atoms with E-state index in [-0.39, 0.29) is 10.6 Å². The first kappa shape index (κ1) is 15.2. The van der Waals surface area contributed by atoms with Crippen LogP contribution in [0.3, 0.4) is 0 Å². The van der Waals surface area contributed by atoms with Crippen molar-refractivity contribution < 1.29 is 13.2 Å². The normalized spacial score (nSPS) is 12.9. The van der Waals surface area contributed by atoms with Crippen molar-refractivity contribution in [2.75, 3.05) is 5.75 Å². The summed E-state index contributed by atoms with van der Waals surface area (Å²) in [6.07, 6.45) is 0. The fourth-order valence-corrected chi connectivity index (χ4v) is 3.50. The molecule has 0 aliphatic rings. The first-order valence-corrected chi connectivity index (χ1v) is 8.28. The molecular weight excluding hydrogens is 319 g/mol. The van der Waals surface area contributed by atoms with E-state index in [4.69, 9.17) is 27.9 Å². The van der Waals surface area contributed by atoms with E-state index in [1.807, 2.05) is 0 Å². The molecule has 3 nitrogen and oxygen atoms in total. The summed E-state index contributed by atoms with van der Waals surface area (Å²) in [5.74, 6) is 0.166. The third-order valence-electron chi connectivity index (χ3n) is 2.53. The molecule has 0 bridgehead atoms. The minimum absolute atomic E-state index is 0.227. The summed E-state index contributed by atoms with van der Waals surface area (Å²) < 4.78 is 29.6. The van der Waals surface area contributed by atoms with Crippen LogP contribution in [0.15, 0.2) is 59.5 Å². The van der Waals surface area contributed by atoms with Crippen LogP contribution in [0.1, 0.15) is 0 Å². The van der Waals surface area contributed by atoms with E-state index in [2.05, 4.69) is 0 Å². The fraction of sp³-hybridized carbons (Fsp3) is 0.143. The number of ether oxygens (including phenoxy) is 1. The summed E-state index contributed by atoms with van der Waals surface area (Å²) >= 11 is 11.7. The lowest BCUT2D eigenvalue weighted by Gasteiger charge is -2.13. The van der Waals surface area contributed by atoms with Gasteiger partial charge in [0.05, 0.1) is 4.90 Å². The Kier molecular flexibility index (Phi) is 4.91. The Morgan fingerprint density at radius 2 is 1.60 bits per heavy atom. The van der Waals surface area contributed by atoms with Gasteiger partial charge in [0.25, 0.3) is 0 Å². The SMILES string of the molecule is O=S(=O)(CC(Cl)Oc1ccc(Cl)cc1)c1ccccc1. The van der Waals surface area contributed by atoms with E-state index < -0.39 is 15.4 Å². The highest BCUT2D eigenvalue weighted by Crippen LogP contribution is 2.20. The molecule has 1 atom stereocenters. The minimum Gasteiger partial charge on any atom is -0.474 e. The van der Waals surface area contributed by atoms with E-state index >= 15 is 0 Å². The van der Waals surface area contributed by atoms with Crippen LogP contribution in [0.4, 0.5) is 0 Å². The van der Waals surface area contributed by atoms with Crippen molar-refractivity contribution in [1.82, 2.24) is 0 Å². The van der Waals surface area contributed by atoms with E-state index in [0.29, 0.717) is 10.8 Å².